The fraction of sp³-hybridized carbons (Fsp3) is 0.259. The molecule has 0 saturated carbocycles. The van der Waals surface area contributed by atoms with Gasteiger partial charge in [0.1, 0.15) is 6.04 Å². The van der Waals surface area contributed by atoms with E-state index in [0.29, 0.717) is 11.1 Å². The van der Waals surface area contributed by atoms with Crippen molar-refractivity contribution in [2.24, 2.45) is 0 Å². The van der Waals surface area contributed by atoms with Crippen molar-refractivity contribution in [1.82, 2.24) is 5.32 Å². The molecule has 1 amide bonds. The fourth-order valence-electron chi connectivity index (χ4n) is 4.57. The Kier molecular flexibility index (Phi) is 7.51. The summed E-state index contributed by atoms with van der Waals surface area (Å²) in [5, 5.41) is 12.8. The standard InChI is InChI=1S/C27H28NO6P/c1-3-33-35(32,34-4-2)17-18-13-15-19(16-14-18)26(29)28-25(27(30)31)24-22-11-7-5-9-20(22)21-10-6-8-12-23(21)24/h5-16,24-25H,3-4,17H2,1-2H3,(H,28,29)(H,30,31)/t25-/m0/s1. The van der Waals surface area contributed by atoms with Crippen LogP contribution in [0.15, 0.2) is 72.8 Å². The van der Waals surface area contributed by atoms with Gasteiger partial charge >= 0.3 is 13.6 Å². The van der Waals surface area contributed by atoms with E-state index in [9.17, 15) is 19.3 Å². The average Bonchev–Trinajstić information content (AvgIpc) is 3.17. The van der Waals surface area contributed by atoms with Gasteiger partial charge in [-0.3, -0.25) is 9.36 Å². The highest BCUT2D eigenvalue weighted by molar-refractivity contribution is 7.53. The molecule has 0 fully saturated rings. The van der Waals surface area contributed by atoms with E-state index in [0.717, 1.165) is 22.3 Å². The lowest BCUT2D eigenvalue weighted by Crippen LogP contribution is -2.44. The molecular formula is C27H28NO6P. The zero-order valence-electron chi connectivity index (χ0n) is 19.6. The fourth-order valence-corrected chi connectivity index (χ4v) is 6.27. The van der Waals surface area contributed by atoms with Crippen LogP contribution in [0.4, 0.5) is 0 Å². The first-order valence-corrected chi connectivity index (χ1v) is 13.3. The number of benzene rings is 3. The van der Waals surface area contributed by atoms with Crippen LogP contribution in [0, 0.1) is 0 Å². The normalized spacial score (nSPS) is 13.7. The molecule has 3 aromatic carbocycles. The number of hydrogen-bond acceptors (Lipinski definition) is 5. The number of nitrogens with one attached hydrogen (secondary N) is 1. The third kappa shape index (κ3) is 5.22. The van der Waals surface area contributed by atoms with Gasteiger partial charge in [-0.2, -0.15) is 0 Å². The molecule has 182 valence electrons. The van der Waals surface area contributed by atoms with Gasteiger partial charge in [0.15, 0.2) is 0 Å². The molecule has 4 rings (SSSR count). The van der Waals surface area contributed by atoms with Crippen LogP contribution in [0.25, 0.3) is 11.1 Å². The summed E-state index contributed by atoms with van der Waals surface area (Å²) in [5.41, 5.74) is 4.71. The molecule has 8 heteroatoms. The predicted octanol–water partition coefficient (Wildman–Crippen LogP) is 5.45. The lowest BCUT2D eigenvalue weighted by Gasteiger charge is -2.23. The lowest BCUT2D eigenvalue weighted by molar-refractivity contribution is -0.139. The third-order valence-electron chi connectivity index (χ3n) is 6.01. The second-order valence-electron chi connectivity index (χ2n) is 8.24. The smallest absolute Gasteiger partial charge is 0.335 e. The van der Waals surface area contributed by atoms with Crippen molar-refractivity contribution < 1.29 is 28.3 Å². The Balaban J connectivity index is 1.56. The van der Waals surface area contributed by atoms with Crippen LogP contribution in [-0.4, -0.2) is 36.2 Å². The SMILES string of the molecule is CCOP(=O)(Cc1ccc(C(=O)N[C@H](C(=O)O)C2c3ccccc3-c3ccccc32)cc1)OCC. The van der Waals surface area contributed by atoms with Crippen LogP contribution in [0.5, 0.6) is 0 Å². The molecule has 0 bridgehead atoms. The highest BCUT2D eigenvalue weighted by atomic mass is 31.2. The summed E-state index contributed by atoms with van der Waals surface area (Å²) in [7, 11) is -3.27. The molecule has 35 heavy (non-hydrogen) atoms. The zero-order chi connectivity index (χ0) is 25.0. The number of rotatable bonds is 10. The van der Waals surface area contributed by atoms with E-state index in [4.69, 9.17) is 9.05 Å². The van der Waals surface area contributed by atoms with E-state index < -0.39 is 31.4 Å². The van der Waals surface area contributed by atoms with Crippen molar-refractivity contribution in [3.05, 3.63) is 95.1 Å². The number of fused-ring (bicyclic) bond motifs is 3. The van der Waals surface area contributed by atoms with Crippen LogP contribution in [-0.2, 0) is 24.6 Å². The van der Waals surface area contributed by atoms with E-state index in [1.165, 1.54) is 0 Å². The number of carbonyl (C=O) groups is 2. The maximum atomic E-state index is 13.1. The van der Waals surface area contributed by atoms with Crippen molar-refractivity contribution in [2.45, 2.75) is 32.0 Å². The van der Waals surface area contributed by atoms with Crippen molar-refractivity contribution in [3.63, 3.8) is 0 Å². The van der Waals surface area contributed by atoms with E-state index >= 15 is 0 Å². The predicted molar refractivity (Wildman–Crippen MR) is 134 cm³/mol. The number of amides is 1. The Labute approximate surface area is 204 Å². The minimum atomic E-state index is -3.27. The summed E-state index contributed by atoms with van der Waals surface area (Å²) >= 11 is 0. The molecule has 0 unspecified atom stereocenters. The van der Waals surface area contributed by atoms with Crippen molar-refractivity contribution in [2.75, 3.05) is 13.2 Å². The quantitative estimate of drug-likeness (QED) is 0.364. The topological polar surface area (TPSA) is 102 Å². The Morgan fingerprint density at radius 3 is 1.89 bits per heavy atom. The molecule has 0 radical (unpaired) electrons. The van der Waals surface area contributed by atoms with Crippen LogP contribution in [0.3, 0.4) is 0 Å². The van der Waals surface area contributed by atoms with Crippen LogP contribution in [0.2, 0.25) is 0 Å². The van der Waals surface area contributed by atoms with Gasteiger partial charge in [-0.25, -0.2) is 4.79 Å². The highest BCUT2D eigenvalue weighted by Gasteiger charge is 2.39. The Morgan fingerprint density at radius 1 is 0.886 bits per heavy atom. The largest absolute Gasteiger partial charge is 0.480 e. The van der Waals surface area contributed by atoms with Gasteiger partial charge in [0, 0.05) is 11.5 Å². The van der Waals surface area contributed by atoms with E-state index in [1.807, 2.05) is 48.5 Å². The first-order chi connectivity index (χ1) is 16.9. The number of carboxylic acid groups (broad SMARTS) is 1. The molecule has 1 aliphatic carbocycles. The van der Waals surface area contributed by atoms with Gasteiger partial charge in [0.2, 0.25) is 0 Å². The molecule has 1 atom stereocenters. The average molecular weight is 493 g/mol. The second-order valence-corrected chi connectivity index (χ2v) is 10.3. The molecule has 1 aliphatic rings. The van der Waals surface area contributed by atoms with Gasteiger partial charge in [0.05, 0.1) is 19.4 Å². The summed E-state index contributed by atoms with van der Waals surface area (Å²) in [4.78, 5) is 25.4. The Hall–Kier alpha value is -3.25. The Bertz CT molecular complexity index is 1220. The summed E-state index contributed by atoms with van der Waals surface area (Å²) in [5.74, 6) is -2.11. The van der Waals surface area contributed by atoms with Crippen LogP contribution < -0.4 is 5.32 Å². The summed E-state index contributed by atoms with van der Waals surface area (Å²) in [6.45, 7) is 4.03. The molecule has 7 nitrogen and oxygen atoms in total. The lowest BCUT2D eigenvalue weighted by atomic mass is 9.89. The number of aliphatic carboxylic acids is 1. The van der Waals surface area contributed by atoms with Gasteiger partial charge in [0.25, 0.3) is 5.91 Å². The molecular weight excluding hydrogens is 465 g/mol. The summed E-state index contributed by atoms with van der Waals surface area (Å²) in [6.07, 6.45) is 0.0873. The highest BCUT2D eigenvalue weighted by Crippen LogP contribution is 2.51. The third-order valence-corrected chi connectivity index (χ3v) is 8.07. The molecule has 2 N–H and O–H groups in total. The number of carboxylic acids is 1. The van der Waals surface area contributed by atoms with Crippen LogP contribution >= 0.6 is 7.60 Å². The van der Waals surface area contributed by atoms with Crippen molar-refractivity contribution in [1.29, 1.82) is 0 Å². The molecule has 0 aliphatic heterocycles. The van der Waals surface area contributed by atoms with E-state index in [-0.39, 0.29) is 19.4 Å². The van der Waals surface area contributed by atoms with Crippen LogP contribution in [0.1, 0.15) is 46.8 Å². The minimum absolute atomic E-state index is 0.0873. The first kappa shape index (κ1) is 24.9. The molecule has 0 aromatic heterocycles. The molecule has 0 saturated heterocycles. The summed E-state index contributed by atoms with van der Waals surface area (Å²) in [6, 6.07) is 20.7. The van der Waals surface area contributed by atoms with E-state index in [1.54, 1.807) is 38.1 Å². The number of hydrogen-bond donors (Lipinski definition) is 2. The number of carbonyl (C=O) groups excluding carboxylic acids is 1. The second kappa shape index (κ2) is 10.6. The Morgan fingerprint density at radius 2 is 1.40 bits per heavy atom. The molecule has 0 heterocycles. The minimum Gasteiger partial charge on any atom is -0.480 e. The molecule has 3 aromatic rings. The van der Waals surface area contributed by atoms with Gasteiger partial charge in [-0.1, -0.05) is 60.7 Å². The van der Waals surface area contributed by atoms with Gasteiger partial charge in [-0.15, -0.1) is 0 Å². The van der Waals surface area contributed by atoms with Gasteiger partial charge in [-0.05, 0) is 53.8 Å². The maximum absolute atomic E-state index is 13.1. The molecule has 0 spiro atoms. The van der Waals surface area contributed by atoms with Crippen molar-refractivity contribution in [3.8, 4) is 11.1 Å². The van der Waals surface area contributed by atoms with E-state index in [2.05, 4.69) is 5.32 Å². The van der Waals surface area contributed by atoms with Gasteiger partial charge < -0.3 is 19.5 Å². The first-order valence-electron chi connectivity index (χ1n) is 11.6. The summed E-state index contributed by atoms with van der Waals surface area (Å²) < 4.78 is 23.4. The zero-order valence-corrected chi connectivity index (χ0v) is 20.5. The maximum Gasteiger partial charge on any atom is 0.335 e. The monoisotopic (exact) mass is 493 g/mol. The van der Waals surface area contributed by atoms with Crippen molar-refractivity contribution >= 4 is 19.5 Å².